The van der Waals surface area contributed by atoms with Gasteiger partial charge >= 0.3 is 30.2 Å². The Morgan fingerprint density at radius 2 is 0.663 bits per heavy atom. The van der Waals surface area contributed by atoms with E-state index in [2.05, 4.69) is 82.5 Å². The Morgan fingerprint density at radius 3 is 1.02 bits per heavy atom. The number of aromatic nitrogens is 12. The van der Waals surface area contributed by atoms with E-state index in [1.54, 1.807) is 134 Å². The number of anilines is 5. The first-order valence-corrected chi connectivity index (χ1v) is 31.5. The number of benzene rings is 5. The van der Waals surface area contributed by atoms with Crippen molar-refractivity contribution < 1.29 is 60.5 Å². The third-order valence-electron chi connectivity index (χ3n) is 13.4. The number of hydrogen-bond donors (Lipinski definition) is 4. The average Bonchev–Trinajstić information content (AvgIpc) is 0.831. The molecule has 0 saturated carbocycles. The molecule has 6 amide bonds. The van der Waals surface area contributed by atoms with Gasteiger partial charge in [-0.25, -0.2) is 19.3 Å². The molecule has 27 nitrogen and oxygen atoms in total. The maximum absolute atomic E-state index is 14.5. The van der Waals surface area contributed by atoms with Gasteiger partial charge in [-0.1, -0.05) is 86.6 Å². The second-order valence-electron chi connectivity index (χ2n) is 28.9. The summed E-state index contributed by atoms with van der Waals surface area (Å²) >= 11 is 0. The first-order valence-electron chi connectivity index (χ1n) is 31.5. The Balaban J connectivity index is 0.000000238. The van der Waals surface area contributed by atoms with Crippen molar-refractivity contribution in [3.05, 3.63) is 127 Å². The van der Waals surface area contributed by atoms with Crippen LogP contribution in [-0.4, -0.2) is 139 Å². The molecule has 0 aliphatic rings. The highest BCUT2D eigenvalue weighted by Gasteiger charge is 2.65. The lowest BCUT2D eigenvalue weighted by Crippen LogP contribution is -2.55. The van der Waals surface area contributed by atoms with Crippen molar-refractivity contribution in [2.75, 3.05) is 40.3 Å². The maximum atomic E-state index is 14.5. The van der Waals surface area contributed by atoms with E-state index in [4.69, 9.17) is 14.2 Å². The summed E-state index contributed by atoms with van der Waals surface area (Å²) in [4.78, 5) is 73.8. The van der Waals surface area contributed by atoms with Crippen molar-refractivity contribution in [3.8, 4) is 56.9 Å². The normalized spacial score (nSPS) is 12.0. The summed E-state index contributed by atoms with van der Waals surface area (Å²) in [6, 6.07) is 29.5. The lowest BCUT2D eigenvalue weighted by Gasteiger charge is -2.33. The van der Waals surface area contributed by atoms with Crippen molar-refractivity contribution in [2.45, 2.75) is 153 Å². The SMILES string of the molecule is CC(C)(C)OC(=O)Nc1ccccc1-c1nnc(-c2ccc(NC(=O)C(C)(C)C)cc2)nn1.CN(C(=O)OC(C)(C)C)C(F)(F)C(F)(F)c1nnc(-c2ccc(NC(=O)C(C)(C)C)cc2)nn1.CN(C(=O)OC(C)(C)C)c1ccccc1-c1nnc(-c2ccc(NC(=O)C(C)(C)C)cc2)nn1. The number of carbonyl (C=O) groups excluding carboxylic acids is 6. The van der Waals surface area contributed by atoms with Gasteiger partial charge < -0.3 is 30.2 Å². The van der Waals surface area contributed by atoms with Gasteiger partial charge in [-0.2, -0.15) is 17.6 Å². The number of nitrogens with zero attached hydrogens (tertiary/aromatic N) is 14. The fraction of sp³-hybridized carbons (Fsp3) is 0.400. The van der Waals surface area contributed by atoms with Gasteiger partial charge in [-0.3, -0.25) is 24.6 Å². The molecule has 536 valence electrons. The zero-order chi connectivity index (χ0) is 75.4. The van der Waals surface area contributed by atoms with Crippen molar-refractivity contribution in [2.24, 2.45) is 16.2 Å². The number of carbonyl (C=O) groups is 6. The molecule has 101 heavy (non-hydrogen) atoms. The smallest absolute Gasteiger partial charge is 0.414 e. The van der Waals surface area contributed by atoms with Crippen LogP contribution in [0.25, 0.3) is 56.9 Å². The van der Waals surface area contributed by atoms with Crippen LogP contribution in [0, 0.1) is 16.2 Å². The van der Waals surface area contributed by atoms with Crippen LogP contribution in [0.3, 0.4) is 0 Å². The van der Waals surface area contributed by atoms with Crippen LogP contribution >= 0.6 is 0 Å². The number of nitrogens with one attached hydrogen (secondary N) is 4. The lowest BCUT2D eigenvalue weighted by molar-refractivity contribution is -0.281. The minimum absolute atomic E-state index is 0.0702. The van der Waals surface area contributed by atoms with Gasteiger partial charge in [0.05, 0.1) is 11.4 Å². The van der Waals surface area contributed by atoms with E-state index in [-0.39, 0.29) is 35.2 Å². The number of likely N-dealkylation sites (N-methyl/N-ethyl adjacent to an activating group) is 1. The number of rotatable bonds is 13. The monoisotopic (exact) mass is 1400 g/mol. The van der Waals surface area contributed by atoms with E-state index in [0.717, 1.165) is 0 Å². The Kier molecular flexibility index (Phi) is 24.5. The average molecular weight is 1400 g/mol. The Labute approximate surface area is 582 Å². The predicted octanol–water partition coefficient (Wildman–Crippen LogP) is 14.4. The van der Waals surface area contributed by atoms with Crippen molar-refractivity contribution >= 4 is 64.4 Å². The first kappa shape index (κ1) is 78.9. The molecule has 0 unspecified atom stereocenters. The fourth-order valence-electron chi connectivity index (χ4n) is 7.81. The molecule has 0 aliphatic carbocycles. The molecule has 4 N–H and O–H groups in total. The summed E-state index contributed by atoms with van der Waals surface area (Å²) < 4.78 is 73.5. The van der Waals surface area contributed by atoms with Crippen LogP contribution in [0.2, 0.25) is 0 Å². The third kappa shape index (κ3) is 22.4. The molecule has 0 fully saturated rings. The lowest BCUT2D eigenvalue weighted by atomic mass is 9.95. The van der Waals surface area contributed by atoms with Gasteiger partial charge in [-0.15, -0.1) is 61.2 Å². The quantitative estimate of drug-likeness (QED) is 0.0473. The molecule has 0 atom stereocenters. The second kappa shape index (κ2) is 31.4. The number of halogens is 4. The molecule has 0 spiro atoms. The molecule has 31 heteroatoms. The molecular weight excluding hydrogens is 1310 g/mol. The molecule has 0 aliphatic heterocycles. The zero-order valence-electron chi connectivity index (χ0n) is 60.0. The number of para-hydroxylation sites is 2. The van der Waals surface area contributed by atoms with E-state index in [1.165, 1.54) is 49.9 Å². The van der Waals surface area contributed by atoms with Gasteiger partial charge in [-0.05, 0) is 159 Å². The first-order chi connectivity index (χ1) is 46.6. The Bertz CT molecular complexity index is 4190. The highest BCUT2D eigenvalue weighted by atomic mass is 19.3. The van der Waals surface area contributed by atoms with Crippen LogP contribution < -0.4 is 26.2 Å². The van der Waals surface area contributed by atoms with Crippen molar-refractivity contribution in [1.29, 1.82) is 0 Å². The van der Waals surface area contributed by atoms with E-state index in [1.807, 2.05) is 74.4 Å². The van der Waals surface area contributed by atoms with Crippen LogP contribution in [0.15, 0.2) is 121 Å². The third-order valence-corrected chi connectivity index (χ3v) is 13.4. The van der Waals surface area contributed by atoms with E-state index in [0.29, 0.717) is 75.0 Å². The molecule has 8 rings (SSSR count). The molecule has 3 aromatic heterocycles. The predicted molar refractivity (Wildman–Crippen MR) is 372 cm³/mol. The summed E-state index contributed by atoms with van der Waals surface area (Å²) in [6.07, 6.45) is -2.73. The van der Waals surface area contributed by atoms with E-state index < -0.39 is 74.0 Å². The van der Waals surface area contributed by atoms with Gasteiger partial charge in [0.15, 0.2) is 0 Å². The molecule has 5 aromatic carbocycles. The Morgan fingerprint density at radius 1 is 0.356 bits per heavy atom. The van der Waals surface area contributed by atoms with Crippen molar-refractivity contribution in [1.82, 2.24) is 66.1 Å². The summed E-state index contributed by atoms with van der Waals surface area (Å²) in [5.41, 5.74) is 1.76. The molecule has 0 radical (unpaired) electrons. The summed E-state index contributed by atoms with van der Waals surface area (Å²) in [5, 5.41) is 57.9. The zero-order valence-corrected chi connectivity index (χ0v) is 60.0. The van der Waals surface area contributed by atoms with Gasteiger partial charge in [0.1, 0.15) is 16.8 Å². The molecule has 0 bridgehead atoms. The highest BCUT2D eigenvalue weighted by molar-refractivity contribution is 5.97. The molecule has 3 heterocycles. The van der Waals surface area contributed by atoms with Gasteiger partial charge in [0, 0.05) is 75.2 Å². The van der Waals surface area contributed by atoms with Gasteiger partial charge in [0.25, 0.3) is 5.82 Å². The van der Waals surface area contributed by atoms with Crippen LogP contribution in [-0.2, 0) is 34.5 Å². The van der Waals surface area contributed by atoms with Crippen LogP contribution in [0.4, 0.5) is 60.4 Å². The molecule has 0 saturated heterocycles. The van der Waals surface area contributed by atoms with Crippen LogP contribution in [0.5, 0.6) is 0 Å². The summed E-state index contributed by atoms with van der Waals surface area (Å²) in [7, 11) is 2.10. The maximum Gasteiger partial charge on any atom is 0.414 e. The Hall–Kier alpha value is -11.1. The molecular formula is C70H84F4N18O9. The van der Waals surface area contributed by atoms with Crippen molar-refractivity contribution in [3.63, 3.8) is 0 Å². The largest absolute Gasteiger partial charge is 0.444 e. The number of ether oxygens (including phenoxy) is 3. The van der Waals surface area contributed by atoms with Crippen LogP contribution in [0.1, 0.15) is 130 Å². The minimum atomic E-state index is -5.03. The fourth-order valence-corrected chi connectivity index (χ4v) is 7.81. The standard InChI is InChI=1S/C25H30N6O3.C24H28N6O3.C21H26F4N6O3/c1-24(2,3)22(32)26-17-14-12-16(13-15-17)20-27-29-21(30-28-20)18-10-8-9-11-19(18)31(7)23(33)34-25(4,5)6;1-23(2,3)21(31)25-16-13-11-15(12-14-16)19-27-29-20(30-28-19)17-9-7-8-10-18(17)26-22(32)33-24(4,5)6;1-18(2,3)16(32)26-13-10-8-12(9-11-13)14-27-29-15(30-28-14)20(22,23)21(24,25)31(7)17(33)34-19(4,5)6/h8-15H,1-7H3,(H,26,32);7-14H,1-6H3,(H,25,31)(H,26,32);8-11H,1-7H3,(H,26,32). The molecule has 8 aromatic rings. The summed E-state index contributed by atoms with van der Waals surface area (Å²) in [5.74, 6) is -6.04. The van der Waals surface area contributed by atoms with Gasteiger partial charge in [0.2, 0.25) is 46.8 Å². The number of amides is 6. The second-order valence-corrected chi connectivity index (χ2v) is 28.9. The minimum Gasteiger partial charge on any atom is -0.444 e. The highest BCUT2D eigenvalue weighted by Crippen LogP contribution is 2.43. The topological polar surface area (TPSA) is 339 Å². The van der Waals surface area contributed by atoms with E-state index in [9.17, 15) is 46.3 Å². The summed E-state index contributed by atoms with van der Waals surface area (Å²) in [6.45, 7) is 31.4. The number of alkyl halides is 4. The number of hydrogen-bond acceptors (Lipinski definition) is 21. The van der Waals surface area contributed by atoms with E-state index >= 15 is 0 Å².